The molecule has 0 aromatic rings. The zero-order chi connectivity index (χ0) is 13.6. The van der Waals surface area contributed by atoms with Crippen molar-refractivity contribution in [1.82, 2.24) is 15.5 Å². The number of carbonyl (C=O) groups is 2. The van der Waals surface area contributed by atoms with Crippen molar-refractivity contribution >= 4 is 11.9 Å². The van der Waals surface area contributed by atoms with E-state index in [0.29, 0.717) is 6.54 Å². The number of aliphatic carboxylic acids is 1. The third-order valence-electron chi connectivity index (χ3n) is 2.79. The molecular formula is C11H23N3O3. The number of carboxylic acids is 1. The first kappa shape index (κ1) is 15.9. The Kier molecular flexibility index (Phi) is 6.12. The molecule has 0 aromatic carbocycles. The van der Waals surface area contributed by atoms with Gasteiger partial charge in [0.05, 0.1) is 0 Å². The van der Waals surface area contributed by atoms with Crippen LogP contribution < -0.4 is 10.6 Å². The molecule has 0 heterocycles. The third-order valence-corrected chi connectivity index (χ3v) is 2.79. The highest BCUT2D eigenvalue weighted by atomic mass is 16.4. The minimum Gasteiger partial charge on any atom is -0.480 e. The van der Waals surface area contributed by atoms with E-state index in [0.717, 1.165) is 0 Å². The summed E-state index contributed by atoms with van der Waals surface area (Å²) in [5.74, 6) is -1.37. The third kappa shape index (κ3) is 6.23. The van der Waals surface area contributed by atoms with Crippen LogP contribution in [0.4, 0.5) is 0 Å². The second-order valence-corrected chi connectivity index (χ2v) is 4.93. The lowest BCUT2D eigenvalue weighted by atomic mass is 10.0. The lowest BCUT2D eigenvalue weighted by Gasteiger charge is -2.33. The Labute approximate surface area is 102 Å². The van der Waals surface area contributed by atoms with Crippen LogP contribution in [0, 0.1) is 0 Å². The number of hydrogen-bond donors (Lipinski definition) is 3. The van der Waals surface area contributed by atoms with Crippen LogP contribution in [-0.4, -0.2) is 60.6 Å². The molecule has 0 spiro atoms. The van der Waals surface area contributed by atoms with Crippen molar-refractivity contribution in [2.45, 2.75) is 32.4 Å². The fourth-order valence-corrected chi connectivity index (χ4v) is 1.13. The maximum atomic E-state index is 10.9. The molecule has 17 heavy (non-hydrogen) atoms. The zero-order valence-corrected chi connectivity index (χ0v) is 11.2. The number of nitrogens with one attached hydrogen (secondary N) is 2. The van der Waals surface area contributed by atoms with E-state index in [-0.39, 0.29) is 18.0 Å². The Hall–Kier alpha value is -1.14. The zero-order valence-electron chi connectivity index (χ0n) is 11.2. The molecule has 0 radical (unpaired) electrons. The highest BCUT2D eigenvalue weighted by molar-refractivity contribution is 5.82. The Morgan fingerprint density at radius 2 is 1.88 bits per heavy atom. The summed E-state index contributed by atoms with van der Waals surface area (Å²) in [7, 11) is 3.92. The largest absolute Gasteiger partial charge is 0.480 e. The summed E-state index contributed by atoms with van der Waals surface area (Å²) < 4.78 is 0. The summed E-state index contributed by atoms with van der Waals surface area (Å²) >= 11 is 0. The second kappa shape index (κ2) is 6.56. The van der Waals surface area contributed by atoms with Gasteiger partial charge in [-0.15, -0.1) is 0 Å². The number of nitrogens with zero attached hydrogens (tertiary/aromatic N) is 1. The Morgan fingerprint density at radius 3 is 2.24 bits per heavy atom. The van der Waals surface area contributed by atoms with E-state index < -0.39 is 12.0 Å². The van der Waals surface area contributed by atoms with Crippen LogP contribution >= 0.6 is 0 Å². The van der Waals surface area contributed by atoms with Gasteiger partial charge in [0, 0.05) is 25.6 Å². The van der Waals surface area contributed by atoms with Crippen molar-refractivity contribution in [1.29, 1.82) is 0 Å². The second-order valence-electron chi connectivity index (χ2n) is 4.93. The van der Waals surface area contributed by atoms with Crippen molar-refractivity contribution < 1.29 is 14.7 Å². The maximum Gasteiger partial charge on any atom is 0.327 e. The molecule has 3 N–H and O–H groups in total. The molecule has 6 heteroatoms. The van der Waals surface area contributed by atoms with Crippen molar-refractivity contribution in [3.63, 3.8) is 0 Å². The van der Waals surface area contributed by atoms with E-state index in [4.69, 9.17) is 5.11 Å². The van der Waals surface area contributed by atoms with Gasteiger partial charge in [0.2, 0.25) is 5.91 Å². The monoisotopic (exact) mass is 245 g/mol. The van der Waals surface area contributed by atoms with Gasteiger partial charge in [-0.2, -0.15) is 0 Å². The summed E-state index contributed by atoms with van der Waals surface area (Å²) in [6.07, 6.45) is 0. The minimum absolute atomic E-state index is 0.0702. The average Bonchev–Trinajstić information content (AvgIpc) is 2.14. The standard InChI is InChI=1S/C11H23N3O3/c1-8(15)13-9(10(16)17)6-12-7-11(2,3)14(4)5/h9,12H,6-7H2,1-5H3,(H,13,15)(H,16,17). The van der Waals surface area contributed by atoms with Gasteiger partial charge in [-0.1, -0.05) is 0 Å². The van der Waals surface area contributed by atoms with Crippen LogP contribution in [-0.2, 0) is 9.59 Å². The predicted molar refractivity (Wildman–Crippen MR) is 65.9 cm³/mol. The van der Waals surface area contributed by atoms with Crippen LogP contribution in [0.2, 0.25) is 0 Å². The number of rotatable bonds is 7. The first-order valence-corrected chi connectivity index (χ1v) is 5.55. The van der Waals surface area contributed by atoms with Gasteiger partial charge in [0.15, 0.2) is 0 Å². The summed E-state index contributed by atoms with van der Waals surface area (Å²) in [6.45, 7) is 6.26. The first-order chi connectivity index (χ1) is 7.66. The molecule has 0 fully saturated rings. The molecule has 0 aliphatic heterocycles. The molecule has 1 amide bonds. The maximum absolute atomic E-state index is 10.9. The number of hydrogen-bond acceptors (Lipinski definition) is 4. The highest BCUT2D eigenvalue weighted by Gasteiger charge is 2.22. The van der Waals surface area contributed by atoms with Crippen LogP contribution in [0.25, 0.3) is 0 Å². The topological polar surface area (TPSA) is 81.7 Å². The van der Waals surface area contributed by atoms with E-state index in [1.54, 1.807) is 0 Å². The van der Waals surface area contributed by atoms with Crippen LogP contribution in [0.15, 0.2) is 0 Å². The molecule has 0 saturated carbocycles. The minimum atomic E-state index is -1.03. The van der Waals surface area contributed by atoms with E-state index >= 15 is 0 Å². The normalized spacial score (nSPS) is 13.5. The number of carbonyl (C=O) groups excluding carboxylic acids is 1. The highest BCUT2D eigenvalue weighted by Crippen LogP contribution is 2.07. The summed E-state index contributed by atoms with van der Waals surface area (Å²) in [5.41, 5.74) is -0.0702. The fourth-order valence-electron chi connectivity index (χ4n) is 1.13. The summed E-state index contributed by atoms with van der Waals surface area (Å²) in [4.78, 5) is 23.7. The lowest BCUT2D eigenvalue weighted by molar-refractivity contribution is -0.141. The van der Waals surface area contributed by atoms with Gasteiger partial charge in [0.1, 0.15) is 6.04 Å². The van der Waals surface area contributed by atoms with Crippen molar-refractivity contribution in [3.05, 3.63) is 0 Å². The average molecular weight is 245 g/mol. The van der Waals surface area contributed by atoms with Crippen LogP contribution in [0.3, 0.4) is 0 Å². The van der Waals surface area contributed by atoms with Crippen LogP contribution in [0.5, 0.6) is 0 Å². The number of amides is 1. The van der Waals surface area contributed by atoms with Crippen molar-refractivity contribution in [2.24, 2.45) is 0 Å². The van der Waals surface area contributed by atoms with Gasteiger partial charge < -0.3 is 20.6 Å². The number of likely N-dealkylation sites (N-methyl/N-ethyl adjacent to an activating group) is 1. The first-order valence-electron chi connectivity index (χ1n) is 5.55. The molecule has 0 aliphatic rings. The fraction of sp³-hybridized carbons (Fsp3) is 0.818. The molecule has 0 bridgehead atoms. The molecule has 0 aliphatic carbocycles. The Bertz CT molecular complexity index is 277. The molecule has 0 rings (SSSR count). The smallest absolute Gasteiger partial charge is 0.327 e. The molecule has 6 nitrogen and oxygen atoms in total. The molecule has 100 valence electrons. The van der Waals surface area contributed by atoms with Crippen molar-refractivity contribution in [2.75, 3.05) is 27.2 Å². The lowest BCUT2D eigenvalue weighted by Crippen LogP contribution is -2.52. The van der Waals surface area contributed by atoms with Crippen molar-refractivity contribution in [3.8, 4) is 0 Å². The van der Waals surface area contributed by atoms with E-state index in [1.165, 1.54) is 6.92 Å². The van der Waals surface area contributed by atoms with Gasteiger partial charge >= 0.3 is 5.97 Å². The molecule has 1 unspecified atom stereocenters. The molecular weight excluding hydrogens is 222 g/mol. The quantitative estimate of drug-likeness (QED) is 0.563. The van der Waals surface area contributed by atoms with E-state index in [1.807, 2.05) is 32.8 Å². The molecule has 0 aromatic heterocycles. The van der Waals surface area contributed by atoms with Gasteiger partial charge in [-0.05, 0) is 27.9 Å². The molecule has 0 saturated heterocycles. The Balaban J connectivity index is 4.15. The van der Waals surface area contributed by atoms with Gasteiger partial charge in [-0.25, -0.2) is 4.79 Å². The van der Waals surface area contributed by atoms with E-state index in [9.17, 15) is 9.59 Å². The summed E-state index contributed by atoms with van der Waals surface area (Å²) in [6, 6.07) is -0.884. The molecule has 1 atom stereocenters. The van der Waals surface area contributed by atoms with Gasteiger partial charge in [0.25, 0.3) is 0 Å². The van der Waals surface area contributed by atoms with E-state index in [2.05, 4.69) is 10.6 Å². The number of carboxylic acid groups (broad SMARTS) is 1. The summed E-state index contributed by atoms with van der Waals surface area (Å²) in [5, 5.41) is 14.3. The predicted octanol–water partition coefficient (Wildman–Crippen LogP) is -0.494. The van der Waals surface area contributed by atoms with Gasteiger partial charge in [-0.3, -0.25) is 4.79 Å². The van der Waals surface area contributed by atoms with Crippen LogP contribution in [0.1, 0.15) is 20.8 Å². The Morgan fingerprint density at radius 1 is 1.35 bits per heavy atom. The SMILES string of the molecule is CC(=O)NC(CNCC(C)(C)N(C)C)C(=O)O.